The van der Waals surface area contributed by atoms with Gasteiger partial charge in [0.2, 0.25) is 0 Å². The third-order valence-electron chi connectivity index (χ3n) is 5.88. The van der Waals surface area contributed by atoms with Crippen molar-refractivity contribution >= 4 is 44.7 Å². The van der Waals surface area contributed by atoms with Crippen LogP contribution in [0.4, 0.5) is 11.5 Å². The molecule has 0 aliphatic carbocycles. The summed E-state index contributed by atoms with van der Waals surface area (Å²) in [7, 11) is -3.88. The lowest BCUT2D eigenvalue weighted by Gasteiger charge is -2.13. The Morgan fingerprint density at radius 3 is 2.61 bits per heavy atom. The minimum Gasteiger partial charge on any atom is -0.383 e. The van der Waals surface area contributed by atoms with Crippen LogP contribution in [0.1, 0.15) is 21.5 Å². The highest BCUT2D eigenvalue weighted by atomic mass is 35.5. The molecule has 10 nitrogen and oxygen atoms in total. The van der Waals surface area contributed by atoms with Crippen molar-refractivity contribution < 1.29 is 13.2 Å². The molecule has 0 atom stereocenters. The van der Waals surface area contributed by atoms with Gasteiger partial charge in [-0.15, -0.1) is 0 Å². The molecule has 0 aliphatic rings. The van der Waals surface area contributed by atoms with Gasteiger partial charge in [-0.1, -0.05) is 35.9 Å². The summed E-state index contributed by atoms with van der Waals surface area (Å²) < 4.78 is 29.6. The number of nitrogen functional groups attached to an aromatic ring is 1. The van der Waals surface area contributed by atoms with E-state index in [0.717, 1.165) is 16.7 Å². The molecule has 5 aromatic rings. The largest absolute Gasteiger partial charge is 0.383 e. The fraction of sp³-hybridized carbons (Fsp3) is 0.0769. The second-order valence-corrected chi connectivity index (χ2v) is 10.5. The standard InChI is InChI=1S/C26H22ClN7O3S/c1-16-11-18(33-38(36,37)23-7-3-2-6-22(23)27)8-9-19(16)20-14-30-25-21(15-32-34(25)24(20)28)26(35)31-13-17-5-4-10-29-12-17/h2-12,14-15,33H,13,28H2,1H3,(H,31,35). The number of halogens is 1. The summed E-state index contributed by atoms with van der Waals surface area (Å²) >= 11 is 6.07. The Hall–Kier alpha value is -4.48. The zero-order chi connectivity index (χ0) is 26.9. The molecule has 5 rings (SSSR count). The molecule has 192 valence electrons. The lowest BCUT2D eigenvalue weighted by Crippen LogP contribution is -2.23. The normalized spacial score (nSPS) is 11.4. The highest BCUT2D eigenvalue weighted by molar-refractivity contribution is 7.92. The lowest BCUT2D eigenvalue weighted by molar-refractivity contribution is 0.0952. The lowest BCUT2D eigenvalue weighted by atomic mass is 10.0. The summed E-state index contributed by atoms with van der Waals surface area (Å²) in [6, 6.07) is 14.9. The smallest absolute Gasteiger partial charge is 0.263 e. The zero-order valence-corrected chi connectivity index (χ0v) is 21.7. The van der Waals surface area contributed by atoms with Crippen LogP contribution in [0.3, 0.4) is 0 Å². The molecule has 0 aliphatic heterocycles. The topological polar surface area (TPSA) is 144 Å². The van der Waals surface area contributed by atoms with Gasteiger partial charge in [-0.2, -0.15) is 9.61 Å². The van der Waals surface area contributed by atoms with Crippen molar-refractivity contribution in [2.45, 2.75) is 18.4 Å². The van der Waals surface area contributed by atoms with Crippen molar-refractivity contribution in [3.8, 4) is 11.1 Å². The minimum absolute atomic E-state index is 0.0127. The van der Waals surface area contributed by atoms with Crippen molar-refractivity contribution in [1.82, 2.24) is 24.9 Å². The number of hydrogen-bond acceptors (Lipinski definition) is 7. The Kier molecular flexibility index (Phi) is 6.70. The molecule has 12 heteroatoms. The van der Waals surface area contributed by atoms with E-state index in [1.165, 1.54) is 22.8 Å². The number of hydrogen-bond donors (Lipinski definition) is 3. The number of anilines is 2. The molecule has 0 spiro atoms. The second kappa shape index (κ2) is 10.1. The highest BCUT2D eigenvalue weighted by Gasteiger charge is 2.20. The summed E-state index contributed by atoms with van der Waals surface area (Å²) in [4.78, 5) is 21.2. The Morgan fingerprint density at radius 2 is 1.87 bits per heavy atom. The first-order valence-electron chi connectivity index (χ1n) is 11.4. The molecular weight excluding hydrogens is 526 g/mol. The molecule has 0 saturated heterocycles. The molecule has 0 bridgehead atoms. The Morgan fingerprint density at radius 1 is 1.05 bits per heavy atom. The maximum Gasteiger partial charge on any atom is 0.263 e. The quantitative estimate of drug-likeness (QED) is 0.278. The SMILES string of the molecule is Cc1cc(NS(=O)(=O)c2ccccc2Cl)ccc1-c1cnc2c(C(=O)NCc3cccnc3)cnn2c1N. The average molecular weight is 548 g/mol. The number of aromatic nitrogens is 4. The second-order valence-electron chi connectivity index (χ2n) is 8.46. The molecule has 0 unspecified atom stereocenters. The van der Waals surface area contributed by atoms with E-state index >= 15 is 0 Å². The number of rotatable bonds is 7. The van der Waals surface area contributed by atoms with Crippen LogP contribution in [0.25, 0.3) is 16.8 Å². The van der Waals surface area contributed by atoms with Crippen LogP contribution in [0.2, 0.25) is 5.02 Å². The third kappa shape index (κ3) is 4.89. The molecule has 0 saturated carbocycles. The predicted octanol–water partition coefficient (Wildman–Crippen LogP) is 4.07. The van der Waals surface area contributed by atoms with Crippen LogP contribution in [-0.2, 0) is 16.6 Å². The van der Waals surface area contributed by atoms with Gasteiger partial charge in [0.25, 0.3) is 15.9 Å². The van der Waals surface area contributed by atoms with Crippen molar-refractivity contribution in [3.05, 3.63) is 101 Å². The van der Waals surface area contributed by atoms with E-state index in [-0.39, 0.29) is 27.2 Å². The van der Waals surface area contributed by atoms with Crippen molar-refractivity contribution in [1.29, 1.82) is 0 Å². The number of carbonyl (C=O) groups excluding carboxylic acids is 1. The highest BCUT2D eigenvalue weighted by Crippen LogP contribution is 2.32. The number of aryl methyl sites for hydroxylation is 1. The number of pyridine rings is 1. The molecule has 2 aromatic carbocycles. The molecule has 0 radical (unpaired) electrons. The molecule has 3 heterocycles. The Balaban J connectivity index is 1.40. The number of sulfonamides is 1. The van der Waals surface area contributed by atoms with Crippen molar-refractivity contribution in [3.63, 3.8) is 0 Å². The maximum atomic E-state index is 12.8. The number of nitrogens with zero attached hydrogens (tertiary/aromatic N) is 4. The van der Waals surface area contributed by atoms with Gasteiger partial charge < -0.3 is 11.1 Å². The van der Waals surface area contributed by atoms with Crippen LogP contribution in [0.5, 0.6) is 0 Å². The third-order valence-corrected chi connectivity index (χ3v) is 7.76. The van der Waals surface area contributed by atoms with Gasteiger partial charge in [-0.25, -0.2) is 13.4 Å². The summed E-state index contributed by atoms with van der Waals surface area (Å²) in [6.45, 7) is 2.13. The molecule has 1 amide bonds. The molecule has 4 N–H and O–H groups in total. The first-order valence-corrected chi connectivity index (χ1v) is 13.3. The summed E-state index contributed by atoms with van der Waals surface area (Å²) in [5, 5.41) is 7.23. The zero-order valence-electron chi connectivity index (χ0n) is 20.1. The van der Waals surface area contributed by atoms with E-state index in [0.29, 0.717) is 23.4 Å². The molecular formula is C26H22ClN7O3S. The molecule has 3 aromatic heterocycles. The fourth-order valence-electron chi connectivity index (χ4n) is 4.00. The number of nitrogens with one attached hydrogen (secondary N) is 2. The van der Waals surface area contributed by atoms with Crippen LogP contribution in [-0.4, -0.2) is 33.9 Å². The van der Waals surface area contributed by atoms with E-state index < -0.39 is 10.0 Å². The van der Waals surface area contributed by atoms with E-state index in [9.17, 15) is 13.2 Å². The van der Waals surface area contributed by atoms with Gasteiger partial charge in [0.05, 0.1) is 11.2 Å². The van der Waals surface area contributed by atoms with Crippen LogP contribution in [0.15, 0.2) is 84.3 Å². The summed E-state index contributed by atoms with van der Waals surface area (Å²) in [5.74, 6) is -0.0522. The number of fused-ring (bicyclic) bond motifs is 1. The van der Waals surface area contributed by atoms with Gasteiger partial charge in [-0.05, 0) is 53.9 Å². The average Bonchev–Trinajstić information content (AvgIpc) is 3.34. The van der Waals surface area contributed by atoms with E-state index in [2.05, 4.69) is 25.1 Å². The Labute approximate surface area is 223 Å². The van der Waals surface area contributed by atoms with Crippen molar-refractivity contribution in [2.75, 3.05) is 10.5 Å². The maximum absolute atomic E-state index is 12.8. The van der Waals surface area contributed by atoms with Gasteiger partial charge in [0, 0.05) is 36.4 Å². The Bertz CT molecular complexity index is 1770. The van der Waals surface area contributed by atoms with Crippen LogP contribution >= 0.6 is 11.6 Å². The summed E-state index contributed by atoms with van der Waals surface area (Å²) in [5.41, 5.74) is 10.3. The van der Waals surface area contributed by atoms with E-state index in [4.69, 9.17) is 17.3 Å². The number of nitrogens with two attached hydrogens (primary N) is 1. The number of amides is 1. The molecule has 0 fully saturated rings. The first kappa shape index (κ1) is 25.2. The van der Waals surface area contributed by atoms with Gasteiger partial charge >= 0.3 is 0 Å². The number of carbonyl (C=O) groups is 1. The summed E-state index contributed by atoms with van der Waals surface area (Å²) in [6.07, 6.45) is 6.32. The van der Waals surface area contributed by atoms with Crippen LogP contribution in [0, 0.1) is 6.92 Å². The minimum atomic E-state index is -3.88. The first-order chi connectivity index (χ1) is 18.2. The van der Waals surface area contributed by atoms with Crippen LogP contribution < -0.4 is 15.8 Å². The monoisotopic (exact) mass is 547 g/mol. The van der Waals surface area contributed by atoms with Gasteiger partial charge in [0.1, 0.15) is 16.3 Å². The van der Waals surface area contributed by atoms with Gasteiger partial charge in [-0.3, -0.25) is 14.5 Å². The van der Waals surface area contributed by atoms with Gasteiger partial charge in [0.15, 0.2) is 5.65 Å². The number of benzene rings is 2. The van der Waals surface area contributed by atoms with E-state index in [1.54, 1.807) is 55.0 Å². The predicted molar refractivity (Wildman–Crippen MR) is 145 cm³/mol. The van der Waals surface area contributed by atoms with Crippen molar-refractivity contribution in [2.24, 2.45) is 0 Å². The molecule has 38 heavy (non-hydrogen) atoms. The fourth-order valence-corrected chi connectivity index (χ4v) is 5.57. The van der Waals surface area contributed by atoms with E-state index in [1.807, 2.05) is 13.0 Å².